The number of nitrogens with zero attached hydrogens (tertiary/aromatic N) is 5. The monoisotopic (exact) mass is 314 g/mol. The van der Waals surface area contributed by atoms with E-state index in [2.05, 4.69) is 20.6 Å². The van der Waals surface area contributed by atoms with Gasteiger partial charge in [-0.2, -0.15) is 5.10 Å². The van der Waals surface area contributed by atoms with E-state index in [4.69, 9.17) is 4.74 Å². The third kappa shape index (κ3) is 3.15. The van der Waals surface area contributed by atoms with Crippen LogP contribution in [-0.2, 0) is 13.5 Å². The van der Waals surface area contributed by atoms with Gasteiger partial charge in [-0.15, -0.1) is 10.2 Å². The SMILES string of the molecule is COc1cc(C(=O)NCCCc2nnc3ccccn23)nn1C. The van der Waals surface area contributed by atoms with Crippen LogP contribution in [0.3, 0.4) is 0 Å². The lowest BCUT2D eigenvalue weighted by molar-refractivity contribution is 0.0947. The van der Waals surface area contributed by atoms with Crippen LogP contribution in [0.4, 0.5) is 0 Å². The highest BCUT2D eigenvalue weighted by molar-refractivity contribution is 5.92. The Balaban J connectivity index is 1.52. The van der Waals surface area contributed by atoms with E-state index < -0.39 is 0 Å². The van der Waals surface area contributed by atoms with Crippen molar-refractivity contribution in [1.29, 1.82) is 0 Å². The maximum absolute atomic E-state index is 12.0. The number of pyridine rings is 1. The van der Waals surface area contributed by atoms with Crippen LogP contribution in [0.2, 0.25) is 0 Å². The van der Waals surface area contributed by atoms with E-state index in [1.54, 1.807) is 20.2 Å². The van der Waals surface area contributed by atoms with Crippen LogP contribution in [0.1, 0.15) is 22.7 Å². The molecular weight excluding hydrogens is 296 g/mol. The number of amides is 1. The Labute approximate surface area is 133 Å². The number of carbonyl (C=O) groups is 1. The molecular formula is C15H18N6O2. The van der Waals surface area contributed by atoms with Gasteiger partial charge in [0.1, 0.15) is 5.82 Å². The highest BCUT2D eigenvalue weighted by Crippen LogP contribution is 2.10. The summed E-state index contributed by atoms with van der Waals surface area (Å²) in [7, 11) is 3.27. The minimum absolute atomic E-state index is 0.213. The van der Waals surface area contributed by atoms with Gasteiger partial charge >= 0.3 is 0 Å². The molecule has 0 aliphatic heterocycles. The molecule has 23 heavy (non-hydrogen) atoms. The van der Waals surface area contributed by atoms with Gasteiger partial charge in [0.2, 0.25) is 5.88 Å². The molecule has 0 unspecified atom stereocenters. The Morgan fingerprint density at radius 3 is 3.00 bits per heavy atom. The molecule has 0 spiro atoms. The molecule has 0 radical (unpaired) electrons. The molecule has 0 aliphatic rings. The zero-order chi connectivity index (χ0) is 16.2. The van der Waals surface area contributed by atoms with Crippen molar-refractivity contribution in [3.63, 3.8) is 0 Å². The van der Waals surface area contributed by atoms with Gasteiger partial charge < -0.3 is 10.1 Å². The molecule has 3 aromatic heterocycles. The van der Waals surface area contributed by atoms with Crippen molar-refractivity contribution in [3.8, 4) is 5.88 Å². The van der Waals surface area contributed by atoms with Gasteiger partial charge in [-0.1, -0.05) is 6.07 Å². The number of carbonyl (C=O) groups excluding carboxylic acids is 1. The summed E-state index contributed by atoms with van der Waals surface area (Å²) in [5.41, 5.74) is 1.17. The first-order valence-electron chi connectivity index (χ1n) is 7.34. The van der Waals surface area contributed by atoms with E-state index in [0.29, 0.717) is 18.1 Å². The van der Waals surface area contributed by atoms with Crippen molar-refractivity contribution < 1.29 is 9.53 Å². The Hall–Kier alpha value is -2.90. The van der Waals surface area contributed by atoms with E-state index in [1.807, 2.05) is 28.8 Å². The molecule has 0 aliphatic carbocycles. The topological polar surface area (TPSA) is 86.3 Å². The molecule has 1 amide bonds. The Kier molecular flexibility index (Phi) is 4.22. The maximum Gasteiger partial charge on any atom is 0.271 e. The van der Waals surface area contributed by atoms with Crippen molar-refractivity contribution in [2.45, 2.75) is 12.8 Å². The lowest BCUT2D eigenvalue weighted by Gasteiger charge is -2.02. The van der Waals surface area contributed by atoms with Crippen molar-refractivity contribution in [1.82, 2.24) is 29.7 Å². The molecule has 3 rings (SSSR count). The largest absolute Gasteiger partial charge is 0.481 e. The number of nitrogens with one attached hydrogen (secondary N) is 1. The molecule has 0 saturated carbocycles. The van der Waals surface area contributed by atoms with Crippen LogP contribution < -0.4 is 10.1 Å². The summed E-state index contributed by atoms with van der Waals surface area (Å²) in [6.45, 7) is 0.541. The second-order valence-electron chi connectivity index (χ2n) is 5.10. The Morgan fingerprint density at radius 2 is 2.22 bits per heavy atom. The van der Waals surface area contributed by atoms with Crippen LogP contribution in [0.15, 0.2) is 30.5 Å². The normalized spacial score (nSPS) is 10.9. The molecule has 3 aromatic rings. The first kappa shape index (κ1) is 15.0. The Bertz CT molecular complexity index is 822. The summed E-state index contributed by atoms with van der Waals surface area (Å²) in [5, 5.41) is 15.2. The average Bonchev–Trinajstić information content (AvgIpc) is 3.15. The van der Waals surface area contributed by atoms with Gasteiger partial charge in [-0.3, -0.25) is 9.20 Å². The summed E-state index contributed by atoms with van der Waals surface area (Å²) in [6.07, 6.45) is 3.44. The Morgan fingerprint density at radius 1 is 1.35 bits per heavy atom. The van der Waals surface area contributed by atoms with E-state index in [1.165, 1.54) is 4.68 Å². The number of aryl methyl sites for hydroxylation is 2. The fraction of sp³-hybridized carbons (Fsp3) is 0.333. The number of methoxy groups -OCH3 is 1. The zero-order valence-electron chi connectivity index (χ0n) is 13.1. The van der Waals surface area contributed by atoms with Gasteiger partial charge in [0.15, 0.2) is 11.3 Å². The number of ether oxygens (including phenoxy) is 1. The lowest BCUT2D eigenvalue weighted by atomic mass is 10.3. The number of rotatable bonds is 6. The predicted molar refractivity (Wildman–Crippen MR) is 83.4 cm³/mol. The smallest absolute Gasteiger partial charge is 0.271 e. The molecule has 0 fully saturated rings. The molecule has 8 heteroatoms. The number of fused-ring (bicyclic) bond motifs is 1. The van der Waals surface area contributed by atoms with Gasteiger partial charge in [-0.25, -0.2) is 4.68 Å². The van der Waals surface area contributed by atoms with Gasteiger partial charge in [0.05, 0.1) is 7.11 Å². The fourth-order valence-electron chi connectivity index (χ4n) is 2.35. The number of hydrogen-bond acceptors (Lipinski definition) is 5. The average molecular weight is 314 g/mol. The molecule has 0 aromatic carbocycles. The molecule has 8 nitrogen and oxygen atoms in total. The van der Waals surface area contributed by atoms with Crippen molar-refractivity contribution in [2.75, 3.05) is 13.7 Å². The number of hydrogen-bond donors (Lipinski definition) is 1. The number of aromatic nitrogens is 5. The summed E-state index contributed by atoms with van der Waals surface area (Å²) in [6, 6.07) is 7.39. The highest BCUT2D eigenvalue weighted by Gasteiger charge is 2.12. The minimum atomic E-state index is -0.213. The van der Waals surface area contributed by atoms with Crippen LogP contribution in [0.25, 0.3) is 5.65 Å². The molecule has 1 N–H and O–H groups in total. The van der Waals surface area contributed by atoms with Crippen LogP contribution in [0.5, 0.6) is 5.88 Å². The van der Waals surface area contributed by atoms with E-state index in [9.17, 15) is 4.79 Å². The van der Waals surface area contributed by atoms with Gasteiger partial charge in [0, 0.05) is 32.3 Å². The molecule has 120 valence electrons. The molecule has 0 saturated heterocycles. The highest BCUT2D eigenvalue weighted by atomic mass is 16.5. The van der Waals surface area contributed by atoms with Crippen molar-refractivity contribution in [2.24, 2.45) is 7.05 Å². The zero-order valence-corrected chi connectivity index (χ0v) is 13.1. The van der Waals surface area contributed by atoms with Crippen molar-refractivity contribution >= 4 is 11.6 Å². The second-order valence-corrected chi connectivity index (χ2v) is 5.10. The molecule has 0 atom stereocenters. The van der Waals surface area contributed by atoms with E-state index in [0.717, 1.165) is 24.3 Å². The van der Waals surface area contributed by atoms with Crippen LogP contribution in [0, 0.1) is 0 Å². The van der Waals surface area contributed by atoms with E-state index >= 15 is 0 Å². The standard InChI is InChI=1S/C15H18N6O2/c1-20-14(23-2)10-11(19-20)15(22)16-8-5-7-13-18-17-12-6-3-4-9-21(12)13/h3-4,6,9-10H,5,7-8H2,1-2H3,(H,16,22). The molecule has 3 heterocycles. The second kappa shape index (κ2) is 6.47. The summed E-state index contributed by atoms with van der Waals surface area (Å²) >= 11 is 0. The minimum Gasteiger partial charge on any atom is -0.481 e. The van der Waals surface area contributed by atoms with Crippen LogP contribution >= 0.6 is 0 Å². The summed E-state index contributed by atoms with van der Waals surface area (Å²) < 4.78 is 8.57. The predicted octanol–water partition coefficient (Wildman–Crippen LogP) is 0.834. The van der Waals surface area contributed by atoms with E-state index in [-0.39, 0.29) is 5.91 Å². The first-order chi connectivity index (χ1) is 11.2. The lowest BCUT2D eigenvalue weighted by Crippen LogP contribution is -2.25. The van der Waals surface area contributed by atoms with Gasteiger partial charge in [-0.05, 0) is 18.6 Å². The fourth-order valence-corrected chi connectivity index (χ4v) is 2.35. The van der Waals surface area contributed by atoms with Crippen LogP contribution in [-0.4, -0.2) is 43.9 Å². The van der Waals surface area contributed by atoms with Crippen molar-refractivity contribution in [3.05, 3.63) is 42.0 Å². The first-order valence-corrected chi connectivity index (χ1v) is 7.34. The quantitative estimate of drug-likeness (QED) is 0.681. The summed E-state index contributed by atoms with van der Waals surface area (Å²) in [4.78, 5) is 12.0. The maximum atomic E-state index is 12.0. The summed E-state index contributed by atoms with van der Waals surface area (Å²) in [5.74, 6) is 1.22. The third-order valence-electron chi connectivity index (χ3n) is 3.53. The third-order valence-corrected chi connectivity index (χ3v) is 3.53. The van der Waals surface area contributed by atoms with Gasteiger partial charge in [0.25, 0.3) is 5.91 Å². The molecule has 0 bridgehead atoms.